The molecule has 0 radical (unpaired) electrons. The second-order valence-corrected chi connectivity index (χ2v) is 7.09. The van der Waals surface area contributed by atoms with Crippen LogP contribution in [0.15, 0.2) is 54.6 Å². The maximum atomic E-state index is 10.8. The summed E-state index contributed by atoms with van der Waals surface area (Å²) in [6, 6.07) is 16.6. The minimum Gasteiger partial charge on any atom is -0.467 e. The number of rotatable bonds is 4. The average molecular weight is 321 g/mol. The van der Waals surface area contributed by atoms with Crippen LogP contribution in [-0.2, 0) is 0 Å². The fraction of sp³-hybridized carbons (Fsp3) is 0.250. The van der Waals surface area contributed by atoms with E-state index in [0.717, 1.165) is 0 Å². The molecule has 0 bridgehead atoms. The molecule has 0 saturated heterocycles. The van der Waals surface area contributed by atoms with Crippen LogP contribution in [0.25, 0.3) is 0 Å². The predicted molar refractivity (Wildman–Crippen MR) is 88.6 cm³/mol. The van der Waals surface area contributed by atoms with E-state index in [1.807, 2.05) is 48.5 Å². The Bertz CT molecular complexity index is 635. The molecular weight excluding hydrogens is 302 g/mol. The van der Waals surface area contributed by atoms with Gasteiger partial charge >= 0.3 is 0 Å². The number of hydrogen-bond donors (Lipinski definition) is 3. The van der Waals surface area contributed by atoms with Crippen LogP contribution in [0.4, 0.5) is 11.4 Å². The number of aliphatic hydroxyl groups is 1. The summed E-state index contributed by atoms with van der Waals surface area (Å²) in [6.45, 7) is -0.0115. The molecule has 6 heteroatoms. The van der Waals surface area contributed by atoms with E-state index in [2.05, 4.69) is 0 Å². The largest absolute Gasteiger partial charge is 0.467 e. The number of ether oxygens (including phenoxy) is 1. The molecule has 0 aliphatic carbocycles. The number of anilines is 2. The molecule has 0 fully saturated rings. The quantitative estimate of drug-likeness (QED) is 0.794. The molecule has 22 heavy (non-hydrogen) atoms. The summed E-state index contributed by atoms with van der Waals surface area (Å²) in [7, 11) is -3.20. The molecule has 1 atom stereocenters. The highest BCUT2D eigenvalue weighted by molar-refractivity contribution is 8.26. The third-order valence-corrected chi connectivity index (χ3v) is 5.53. The van der Waals surface area contributed by atoms with Crippen molar-refractivity contribution in [1.82, 2.24) is 0 Å². The van der Waals surface area contributed by atoms with Gasteiger partial charge in [0.25, 0.3) is 0 Å². The number of nitrogens with zero attached hydrogens (tertiary/aromatic N) is 1. The Hall–Kier alpha value is -1.73. The van der Waals surface area contributed by atoms with E-state index >= 15 is 0 Å². The summed E-state index contributed by atoms with van der Waals surface area (Å²) in [5.41, 5.74) is 0.566. The first kappa shape index (κ1) is 15.2. The highest BCUT2D eigenvalue weighted by Gasteiger charge is 2.40. The van der Waals surface area contributed by atoms with E-state index in [-0.39, 0.29) is 6.61 Å². The van der Waals surface area contributed by atoms with Gasteiger partial charge in [-0.2, -0.15) is 0 Å². The van der Waals surface area contributed by atoms with Gasteiger partial charge in [-0.25, -0.2) is 4.31 Å². The number of hydrogen-bond acceptors (Lipinski definition) is 5. The third-order valence-electron chi connectivity index (χ3n) is 3.55. The lowest BCUT2D eigenvalue weighted by Crippen LogP contribution is -2.39. The fourth-order valence-electron chi connectivity index (χ4n) is 2.53. The van der Waals surface area contributed by atoms with Crippen molar-refractivity contribution in [2.45, 2.75) is 18.3 Å². The van der Waals surface area contributed by atoms with Crippen LogP contribution >= 0.6 is 10.8 Å². The van der Waals surface area contributed by atoms with Gasteiger partial charge in [0.05, 0.1) is 5.69 Å². The lowest BCUT2D eigenvalue weighted by Gasteiger charge is -2.51. The summed E-state index contributed by atoms with van der Waals surface area (Å²) in [4.78, 5) is 0. The van der Waals surface area contributed by atoms with Gasteiger partial charge in [0.15, 0.2) is 0 Å². The highest BCUT2D eigenvalue weighted by atomic mass is 32.3. The standard InChI is InChI=1S/C16H19NO4S/c18-12-6-11-16-21-15-10-5-4-9-14(15)17(22(16,19)20)13-7-2-1-3-8-13/h1-5,7-10,16,18-20H,6,11-12H2/t16-/m1/s1. The lowest BCUT2D eigenvalue weighted by molar-refractivity contribution is 0.213. The Morgan fingerprint density at radius 2 is 1.68 bits per heavy atom. The van der Waals surface area contributed by atoms with Crippen molar-refractivity contribution in [1.29, 1.82) is 0 Å². The lowest BCUT2D eigenvalue weighted by atomic mass is 10.2. The van der Waals surface area contributed by atoms with Crippen LogP contribution in [0, 0.1) is 0 Å². The topological polar surface area (TPSA) is 73.2 Å². The summed E-state index contributed by atoms with van der Waals surface area (Å²) in [6.07, 6.45) is 0.821. The van der Waals surface area contributed by atoms with Gasteiger partial charge in [-0.15, -0.1) is 0 Å². The molecule has 0 saturated carbocycles. The van der Waals surface area contributed by atoms with E-state index in [9.17, 15) is 9.11 Å². The Balaban J connectivity index is 2.07. The van der Waals surface area contributed by atoms with Gasteiger partial charge in [0.2, 0.25) is 5.44 Å². The number of para-hydroxylation sites is 3. The summed E-state index contributed by atoms with van der Waals surface area (Å²) < 4.78 is 28.9. The molecule has 118 valence electrons. The van der Waals surface area contributed by atoms with Gasteiger partial charge in [0.1, 0.15) is 11.4 Å². The number of fused-ring (bicyclic) bond motifs is 1. The van der Waals surface area contributed by atoms with E-state index in [4.69, 9.17) is 9.84 Å². The van der Waals surface area contributed by atoms with Gasteiger partial charge in [-0.1, -0.05) is 41.1 Å². The Kier molecular flexibility index (Phi) is 4.26. The molecular formula is C16H19NO4S. The van der Waals surface area contributed by atoms with Gasteiger partial charge in [0, 0.05) is 13.0 Å². The smallest absolute Gasteiger partial charge is 0.206 e. The summed E-state index contributed by atoms with van der Waals surface area (Å²) in [5.74, 6) is 0.612. The SMILES string of the molecule is OCCC[C@@H]1Oc2ccccc2N(c2ccccc2)S1(O)O. The van der Waals surface area contributed by atoms with Crippen LogP contribution in [0.1, 0.15) is 12.8 Å². The van der Waals surface area contributed by atoms with Gasteiger partial charge in [-0.05, 0) is 30.7 Å². The molecule has 2 aromatic carbocycles. The molecule has 2 aromatic rings. The van der Waals surface area contributed by atoms with Gasteiger partial charge in [-0.3, -0.25) is 9.11 Å². The van der Waals surface area contributed by atoms with Crippen molar-refractivity contribution in [3.05, 3.63) is 54.6 Å². The molecule has 0 unspecified atom stereocenters. The molecule has 1 aliphatic heterocycles. The van der Waals surface area contributed by atoms with Gasteiger partial charge < -0.3 is 9.84 Å². The average Bonchev–Trinajstić information content (AvgIpc) is 2.53. The van der Waals surface area contributed by atoms with E-state index in [0.29, 0.717) is 30.0 Å². The third kappa shape index (κ3) is 2.66. The molecule has 3 N–H and O–H groups in total. The van der Waals surface area contributed by atoms with Crippen molar-refractivity contribution in [3.8, 4) is 5.75 Å². The number of aliphatic hydroxyl groups excluding tert-OH is 1. The highest BCUT2D eigenvalue weighted by Crippen LogP contribution is 2.61. The minimum absolute atomic E-state index is 0.0115. The first-order valence-corrected chi connectivity index (χ1v) is 8.70. The number of benzene rings is 2. The van der Waals surface area contributed by atoms with Crippen LogP contribution in [0.2, 0.25) is 0 Å². The van der Waals surface area contributed by atoms with Crippen molar-refractivity contribution in [2.24, 2.45) is 0 Å². The van der Waals surface area contributed by atoms with Crippen molar-refractivity contribution >= 4 is 22.2 Å². The first-order valence-electron chi connectivity index (χ1n) is 7.13. The second-order valence-electron chi connectivity index (χ2n) is 5.07. The van der Waals surface area contributed by atoms with Crippen LogP contribution < -0.4 is 9.04 Å². The summed E-state index contributed by atoms with van der Waals surface area (Å²) in [5, 5.41) is 9.02. The zero-order valence-corrected chi connectivity index (χ0v) is 12.8. The predicted octanol–water partition coefficient (Wildman–Crippen LogP) is 3.98. The first-order chi connectivity index (χ1) is 10.6. The zero-order valence-electron chi connectivity index (χ0n) is 12.0. The molecule has 0 spiro atoms. The zero-order chi connectivity index (χ0) is 15.6. The molecule has 3 rings (SSSR count). The second kappa shape index (κ2) is 6.18. The monoisotopic (exact) mass is 321 g/mol. The fourth-order valence-corrected chi connectivity index (χ4v) is 4.35. The molecule has 5 nitrogen and oxygen atoms in total. The van der Waals surface area contributed by atoms with Crippen molar-refractivity contribution < 1.29 is 18.9 Å². The Labute approximate surface area is 131 Å². The summed E-state index contributed by atoms with van der Waals surface area (Å²) >= 11 is 0. The molecule has 1 heterocycles. The van der Waals surface area contributed by atoms with E-state index in [1.165, 1.54) is 0 Å². The van der Waals surface area contributed by atoms with Crippen molar-refractivity contribution in [2.75, 3.05) is 10.9 Å². The van der Waals surface area contributed by atoms with Crippen molar-refractivity contribution in [3.63, 3.8) is 0 Å². The minimum atomic E-state index is -3.20. The Morgan fingerprint density at radius 3 is 2.41 bits per heavy atom. The normalized spacial score (nSPS) is 20.9. The molecule has 1 aliphatic rings. The maximum Gasteiger partial charge on any atom is 0.206 e. The van der Waals surface area contributed by atoms with Crippen LogP contribution in [0.3, 0.4) is 0 Å². The maximum absolute atomic E-state index is 10.8. The van der Waals surface area contributed by atoms with Crippen LogP contribution in [-0.4, -0.2) is 26.3 Å². The Morgan fingerprint density at radius 1 is 1.00 bits per heavy atom. The van der Waals surface area contributed by atoms with E-state index in [1.54, 1.807) is 10.4 Å². The van der Waals surface area contributed by atoms with Crippen LogP contribution in [0.5, 0.6) is 5.75 Å². The van der Waals surface area contributed by atoms with E-state index < -0.39 is 16.2 Å². The molecule has 0 aromatic heterocycles. The molecule has 0 amide bonds.